The fourth-order valence-corrected chi connectivity index (χ4v) is 3.24. The van der Waals surface area contributed by atoms with E-state index in [1.54, 1.807) is 30.3 Å². The van der Waals surface area contributed by atoms with E-state index in [4.69, 9.17) is 27.9 Å². The Balaban J connectivity index is 1.63. The second-order valence-corrected chi connectivity index (χ2v) is 8.05. The van der Waals surface area contributed by atoms with Crippen molar-refractivity contribution >= 4 is 51.3 Å². The maximum absolute atomic E-state index is 12.9. The number of rotatable bonds is 7. The summed E-state index contributed by atoms with van der Waals surface area (Å²) in [6.07, 6.45) is 1.59. The highest BCUT2D eigenvalue weighted by Crippen LogP contribution is 2.25. The zero-order valence-electron chi connectivity index (χ0n) is 15.5. The van der Waals surface area contributed by atoms with E-state index in [9.17, 15) is 9.18 Å². The number of carbonyl (C=O) groups excluding carboxylic acids is 1. The molecule has 8 heteroatoms. The summed E-state index contributed by atoms with van der Waals surface area (Å²) in [5.41, 5.74) is 4.69. The summed E-state index contributed by atoms with van der Waals surface area (Å²) in [5.74, 6) is -0.0767. The van der Waals surface area contributed by atoms with Gasteiger partial charge in [-0.05, 0) is 53.6 Å². The topological polar surface area (TPSA) is 50.7 Å². The molecule has 3 aromatic carbocycles. The van der Waals surface area contributed by atoms with Gasteiger partial charge in [0.1, 0.15) is 18.2 Å². The van der Waals surface area contributed by atoms with Gasteiger partial charge in [0, 0.05) is 10.0 Å². The van der Waals surface area contributed by atoms with E-state index in [1.807, 2.05) is 18.2 Å². The molecule has 0 atom stereocenters. The molecular weight excluding hydrogens is 494 g/mol. The van der Waals surface area contributed by atoms with E-state index in [1.165, 1.54) is 18.3 Å². The van der Waals surface area contributed by atoms with Crippen molar-refractivity contribution in [2.75, 3.05) is 0 Å². The Morgan fingerprint density at radius 2 is 1.77 bits per heavy atom. The van der Waals surface area contributed by atoms with Crippen molar-refractivity contribution in [3.63, 3.8) is 0 Å². The third-order valence-corrected chi connectivity index (χ3v) is 5.25. The van der Waals surface area contributed by atoms with Gasteiger partial charge in [0.15, 0.2) is 0 Å². The molecule has 4 nitrogen and oxygen atoms in total. The Labute approximate surface area is 191 Å². The van der Waals surface area contributed by atoms with Crippen molar-refractivity contribution < 1.29 is 13.9 Å². The van der Waals surface area contributed by atoms with E-state index < -0.39 is 0 Å². The molecule has 3 aromatic rings. The SMILES string of the molecule is O=C(Cc1ccc(F)cc1)N/N=C/c1cc(Br)ccc1OCc1ccc(Cl)c(Cl)c1. The molecule has 0 aliphatic heterocycles. The lowest BCUT2D eigenvalue weighted by Crippen LogP contribution is -2.19. The number of nitrogens with zero attached hydrogens (tertiary/aromatic N) is 1. The minimum atomic E-state index is -0.347. The number of benzene rings is 3. The van der Waals surface area contributed by atoms with E-state index in [2.05, 4.69) is 26.5 Å². The minimum absolute atomic E-state index is 0.0940. The van der Waals surface area contributed by atoms with Crippen molar-refractivity contribution in [2.45, 2.75) is 13.0 Å². The molecule has 0 radical (unpaired) electrons. The van der Waals surface area contributed by atoms with Gasteiger partial charge < -0.3 is 4.74 Å². The van der Waals surface area contributed by atoms with Crippen molar-refractivity contribution in [3.05, 3.63) is 97.7 Å². The van der Waals surface area contributed by atoms with Crippen LogP contribution in [-0.2, 0) is 17.8 Å². The van der Waals surface area contributed by atoms with Crippen LogP contribution in [0.2, 0.25) is 10.0 Å². The first-order valence-electron chi connectivity index (χ1n) is 8.83. The first-order chi connectivity index (χ1) is 14.4. The summed E-state index contributed by atoms with van der Waals surface area (Å²) < 4.78 is 19.7. The molecule has 0 bridgehead atoms. The van der Waals surface area contributed by atoms with Gasteiger partial charge in [0.2, 0.25) is 5.91 Å². The zero-order valence-corrected chi connectivity index (χ0v) is 18.6. The van der Waals surface area contributed by atoms with Gasteiger partial charge in [0.25, 0.3) is 0 Å². The fourth-order valence-electron chi connectivity index (χ4n) is 2.54. The summed E-state index contributed by atoms with van der Waals surface area (Å²) in [6.45, 7) is 0.288. The van der Waals surface area contributed by atoms with Gasteiger partial charge in [-0.15, -0.1) is 0 Å². The summed E-state index contributed by atoms with van der Waals surface area (Å²) in [7, 11) is 0. The third-order valence-electron chi connectivity index (χ3n) is 4.02. The van der Waals surface area contributed by atoms with E-state index in [0.717, 1.165) is 10.0 Å². The Morgan fingerprint density at radius 3 is 2.50 bits per heavy atom. The minimum Gasteiger partial charge on any atom is -0.488 e. The van der Waals surface area contributed by atoms with Crippen LogP contribution in [0.1, 0.15) is 16.7 Å². The molecule has 0 unspecified atom stereocenters. The second kappa shape index (κ2) is 10.6. The van der Waals surface area contributed by atoms with Crippen LogP contribution < -0.4 is 10.2 Å². The van der Waals surface area contributed by atoms with Crippen LogP contribution in [0.5, 0.6) is 5.75 Å². The highest BCUT2D eigenvalue weighted by Gasteiger charge is 2.06. The van der Waals surface area contributed by atoms with Crippen molar-refractivity contribution in [3.8, 4) is 5.75 Å². The van der Waals surface area contributed by atoms with Crippen molar-refractivity contribution in [1.29, 1.82) is 0 Å². The second-order valence-electron chi connectivity index (χ2n) is 6.32. The number of hydrogen-bond donors (Lipinski definition) is 1. The number of amides is 1. The lowest BCUT2D eigenvalue weighted by Gasteiger charge is -2.10. The first-order valence-corrected chi connectivity index (χ1v) is 10.4. The molecule has 0 aromatic heterocycles. The molecule has 3 rings (SSSR count). The number of halogens is 4. The number of hydrazone groups is 1. The summed E-state index contributed by atoms with van der Waals surface area (Å²) in [5, 5.41) is 4.94. The van der Waals surface area contributed by atoms with Crippen LogP contribution >= 0.6 is 39.1 Å². The molecule has 30 heavy (non-hydrogen) atoms. The Bertz CT molecular complexity index is 1080. The Morgan fingerprint density at radius 1 is 1.03 bits per heavy atom. The summed E-state index contributed by atoms with van der Waals surface area (Å²) >= 11 is 15.4. The lowest BCUT2D eigenvalue weighted by atomic mass is 10.1. The molecule has 1 N–H and O–H groups in total. The normalized spacial score (nSPS) is 10.9. The molecule has 0 aliphatic carbocycles. The zero-order chi connectivity index (χ0) is 21.5. The van der Waals surface area contributed by atoms with Gasteiger partial charge in [-0.3, -0.25) is 4.79 Å². The Hall–Kier alpha value is -2.41. The Kier molecular flexibility index (Phi) is 7.85. The summed E-state index contributed by atoms with van der Waals surface area (Å²) in [6, 6.07) is 16.5. The van der Waals surface area contributed by atoms with Crippen LogP contribution in [0.4, 0.5) is 4.39 Å². The molecule has 154 valence electrons. The number of carbonyl (C=O) groups is 1. The lowest BCUT2D eigenvalue weighted by molar-refractivity contribution is -0.120. The third kappa shape index (κ3) is 6.55. The van der Waals surface area contributed by atoms with E-state index in [-0.39, 0.29) is 24.8 Å². The van der Waals surface area contributed by atoms with Crippen LogP contribution in [0.25, 0.3) is 0 Å². The average Bonchev–Trinajstić information content (AvgIpc) is 2.71. The van der Waals surface area contributed by atoms with Crippen LogP contribution in [0, 0.1) is 5.82 Å². The van der Waals surface area contributed by atoms with Crippen LogP contribution in [0.3, 0.4) is 0 Å². The van der Waals surface area contributed by atoms with Gasteiger partial charge >= 0.3 is 0 Å². The number of ether oxygens (including phenoxy) is 1. The smallest absolute Gasteiger partial charge is 0.244 e. The molecular formula is C22H16BrCl2FN2O2. The highest BCUT2D eigenvalue weighted by atomic mass is 79.9. The fraction of sp³-hybridized carbons (Fsp3) is 0.0909. The van der Waals surface area contributed by atoms with Crippen LogP contribution in [0.15, 0.2) is 70.2 Å². The largest absolute Gasteiger partial charge is 0.488 e. The maximum atomic E-state index is 12.9. The molecule has 1 amide bonds. The van der Waals surface area contributed by atoms with Gasteiger partial charge in [0.05, 0.1) is 22.7 Å². The van der Waals surface area contributed by atoms with Crippen molar-refractivity contribution in [2.24, 2.45) is 5.10 Å². The van der Waals surface area contributed by atoms with Crippen LogP contribution in [-0.4, -0.2) is 12.1 Å². The number of hydrogen-bond acceptors (Lipinski definition) is 3. The standard InChI is InChI=1S/C22H16BrCl2FN2O2/c23-17-4-8-21(30-13-15-3-7-19(24)20(25)9-15)16(11-17)12-27-28-22(29)10-14-1-5-18(26)6-2-14/h1-9,11-12H,10,13H2,(H,28,29)/b27-12+. The highest BCUT2D eigenvalue weighted by molar-refractivity contribution is 9.10. The number of nitrogens with one attached hydrogen (secondary N) is 1. The van der Waals surface area contributed by atoms with Gasteiger partial charge in [-0.2, -0.15) is 5.10 Å². The monoisotopic (exact) mass is 508 g/mol. The molecule has 0 fully saturated rings. The average molecular weight is 510 g/mol. The maximum Gasteiger partial charge on any atom is 0.244 e. The predicted molar refractivity (Wildman–Crippen MR) is 121 cm³/mol. The van der Waals surface area contributed by atoms with Crippen molar-refractivity contribution in [1.82, 2.24) is 5.43 Å². The molecule has 0 spiro atoms. The molecule has 0 saturated heterocycles. The van der Waals surface area contributed by atoms with Gasteiger partial charge in [-0.25, -0.2) is 9.82 Å². The van der Waals surface area contributed by atoms with Gasteiger partial charge in [-0.1, -0.05) is 57.3 Å². The molecule has 0 heterocycles. The summed E-state index contributed by atoms with van der Waals surface area (Å²) in [4.78, 5) is 12.0. The van der Waals surface area contributed by atoms with E-state index in [0.29, 0.717) is 26.9 Å². The predicted octanol–water partition coefficient (Wildman–Crippen LogP) is 6.17. The van der Waals surface area contributed by atoms with E-state index >= 15 is 0 Å². The molecule has 0 saturated carbocycles. The first kappa shape index (κ1) is 22.3. The molecule has 0 aliphatic rings. The quantitative estimate of drug-likeness (QED) is 0.306.